The van der Waals surface area contributed by atoms with Gasteiger partial charge in [-0.3, -0.25) is 14.6 Å². The normalized spacial score (nSPS) is 10.6. The second-order valence-electron chi connectivity index (χ2n) is 7.15. The van der Waals surface area contributed by atoms with Crippen LogP contribution in [0.2, 0.25) is 0 Å². The predicted molar refractivity (Wildman–Crippen MR) is 115 cm³/mol. The molecule has 3 aromatic rings. The van der Waals surface area contributed by atoms with E-state index in [1.165, 1.54) is 12.4 Å². The van der Waals surface area contributed by atoms with E-state index in [1.54, 1.807) is 6.07 Å². The Bertz CT molecular complexity index is 984. The maximum atomic E-state index is 12.7. The van der Waals surface area contributed by atoms with E-state index in [2.05, 4.69) is 29.5 Å². The zero-order valence-corrected chi connectivity index (χ0v) is 16.7. The molecule has 148 valence electrons. The lowest BCUT2D eigenvalue weighted by Gasteiger charge is -2.13. The summed E-state index contributed by atoms with van der Waals surface area (Å²) in [5.41, 5.74) is 3.69. The van der Waals surface area contributed by atoms with Crippen molar-refractivity contribution >= 4 is 17.5 Å². The Morgan fingerprint density at radius 1 is 0.897 bits per heavy atom. The van der Waals surface area contributed by atoms with Crippen molar-refractivity contribution in [3.8, 4) is 0 Å². The number of nitrogens with zero attached hydrogens (tertiary/aromatic N) is 1. The second-order valence-corrected chi connectivity index (χ2v) is 7.15. The van der Waals surface area contributed by atoms with Crippen molar-refractivity contribution in [2.24, 2.45) is 0 Å². The topological polar surface area (TPSA) is 71.1 Å². The number of carbonyl (C=O) groups is 2. The number of nitrogens with one attached hydrogen (secondary N) is 2. The van der Waals surface area contributed by atoms with Gasteiger partial charge < -0.3 is 10.6 Å². The van der Waals surface area contributed by atoms with E-state index in [0.717, 1.165) is 23.2 Å². The zero-order valence-electron chi connectivity index (χ0n) is 16.7. The number of pyridine rings is 1. The molecule has 29 heavy (non-hydrogen) atoms. The number of aromatic nitrogens is 1. The summed E-state index contributed by atoms with van der Waals surface area (Å²) in [6.45, 7) is 4.67. The van der Waals surface area contributed by atoms with Crippen molar-refractivity contribution in [3.05, 3.63) is 95.3 Å². The smallest absolute Gasteiger partial charge is 0.257 e. The highest BCUT2D eigenvalue weighted by molar-refractivity contribution is 6.06. The third-order valence-corrected chi connectivity index (χ3v) is 4.64. The molecule has 5 heteroatoms. The minimum atomic E-state index is -0.287. The van der Waals surface area contributed by atoms with E-state index < -0.39 is 0 Å². The van der Waals surface area contributed by atoms with Crippen molar-refractivity contribution < 1.29 is 9.59 Å². The standard InChI is InChI=1S/C24H25N3O2/c1-17(2)21-10-6-7-11-22(21)27-24(29)20-14-19(15-25-16-20)23(28)26-13-12-18-8-4-3-5-9-18/h3-11,14-17H,12-13H2,1-2H3,(H,26,28)(H,27,29). The summed E-state index contributed by atoms with van der Waals surface area (Å²) >= 11 is 0. The fourth-order valence-corrected chi connectivity index (χ4v) is 3.06. The lowest BCUT2D eigenvalue weighted by molar-refractivity contribution is 0.0953. The second kappa shape index (κ2) is 9.64. The largest absolute Gasteiger partial charge is 0.352 e. The van der Waals surface area contributed by atoms with E-state index >= 15 is 0 Å². The van der Waals surface area contributed by atoms with Crippen LogP contribution in [-0.4, -0.2) is 23.3 Å². The molecule has 0 atom stereocenters. The molecule has 0 aliphatic rings. The van der Waals surface area contributed by atoms with Crippen LogP contribution in [0.3, 0.4) is 0 Å². The van der Waals surface area contributed by atoms with E-state index in [-0.39, 0.29) is 17.7 Å². The Morgan fingerprint density at radius 3 is 2.28 bits per heavy atom. The van der Waals surface area contributed by atoms with Crippen LogP contribution < -0.4 is 10.6 Å². The minimum Gasteiger partial charge on any atom is -0.352 e. The van der Waals surface area contributed by atoms with Gasteiger partial charge in [0.1, 0.15) is 0 Å². The first-order chi connectivity index (χ1) is 14.0. The Hall–Kier alpha value is -3.47. The third-order valence-electron chi connectivity index (χ3n) is 4.64. The average molecular weight is 387 g/mol. The summed E-state index contributed by atoms with van der Waals surface area (Å²) in [5, 5.41) is 5.81. The van der Waals surface area contributed by atoms with Crippen LogP contribution in [0.4, 0.5) is 5.69 Å². The molecule has 1 aromatic heterocycles. The number of hydrogen-bond donors (Lipinski definition) is 2. The van der Waals surface area contributed by atoms with Crippen LogP contribution in [0.25, 0.3) is 0 Å². The molecule has 1 heterocycles. The van der Waals surface area contributed by atoms with Crippen molar-refractivity contribution in [2.75, 3.05) is 11.9 Å². The number of benzene rings is 2. The van der Waals surface area contributed by atoms with Crippen LogP contribution in [0.5, 0.6) is 0 Å². The van der Waals surface area contributed by atoms with Gasteiger partial charge in [0.2, 0.25) is 0 Å². The van der Waals surface area contributed by atoms with Crippen LogP contribution in [0, 0.1) is 0 Å². The zero-order chi connectivity index (χ0) is 20.6. The van der Waals surface area contributed by atoms with E-state index in [4.69, 9.17) is 0 Å². The van der Waals surface area contributed by atoms with Gasteiger partial charge in [0.05, 0.1) is 11.1 Å². The highest BCUT2D eigenvalue weighted by atomic mass is 16.2. The van der Waals surface area contributed by atoms with E-state index in [0.29, 0.717) is 17.7 Å². The average Bonchev–Trinajstić information content (AvgIpc) is 2.74. The van der Waals surface area contributed by atoms with Crippen molar-refractivity contribution in [1.82, 2.24) is 10.3 Å². The fourth-order valence-electron chi connectivity index (χ4n) is 3.06. The SMILES string of the molecule is CC(C)c1ccccc1NC(=O)c1cncc(C(=O)NCCc2ccccc2)c1. The number of para-hydroxylation sites is 1. The molecule has 2 aromatic carbocycles. The maximum Gasteiger partial charge on any atom is 0.257 e. The molecule has 0 fully saturated rings. The number of carbonyl (C=O) groups excluding carboxylic acids is 2. The van der Waals surface area contributed by atoms with Gasteiger partial charge >= 0.3 is 0 Å². The molecule has 0 bridgehead atoms. The molecule has 0 saturated heterocycles. The molecular formula is C24H25N3O2. The van der Waals surface area contributed by atoms with Crippen LogP contribution >= 0.6 is 0 Å². The number of rotatable bonds is 7. The highest BCUT2D eigenvalue weighted by Crippen LogP contribution is 2.24. The van der Waals surface area contributed by atoms with Gasteiger partial charge in [-0.1, -0.05) is 62.4 Å². The summed E-state index contributed by atoms with van der Waals surface area (Å²) in [6.07, 6.45) is 3.68. The Labute approximate surface area is 171 Å². The summed E-state index contributed by atoms with van der Waals surface area (Å²) in [6, 6.07) is 19.2. The predicted octanol–water partition coefficient (Wildman–Crippen LogP) is 4.43. The van der Waals surface area contributed by atoms with Crippen LogP contribution in [-0.2, 0) is 6.42 Å². The van der Waals surface area contributed by atoms with Crippen molar-refractivity contribution in [3.63, 3.8) is 0 Å². The van der Waals surface area contributed by atoms with Gasteiger partial charge in [0.25, 0.3) is 11.8 Å². The summed E-state index contributed by atoms with van der Waals surface area (Å²) in [5.74, 6) is -0.249. The first-order valence-electron chi connectivity index (χ1n) is 9.72. The molecule has 2 amide bonds. The molecule has 0 saturated carbocycles. The lowest BCUT2D eigenvalue weighted by Crippen LogP contribution is -2.26. The third kappa shape index (κ3) is 5.51. The molecule has 0 spiro atoms. The van der Waals surface area contributed by atoms with Crippen LogP contribution in [0.1, 0.15) is 51.6 Å². The van der Waals surface area contributed by atoms with E-state index in [1.807, 2.05) is 54.6 Å². The molecule has 5 nitrogen and oxygen atoms in total. The molecule has 0 unspecified atom stereocenters. The first-order valence-corrected chi connectivity index (χ1v) is 9.72. The minimum absolute atomic E-state index is 0.245. The fraction of sp³-hybridized carbons (Fsp3) is 0.208. The molecule has 0 aliphatic carbocycles. The summed E-state index contributed by atoms with van der Waals surface area (Å²) in [7, 11) is 0. The molecule has 2 N–H and O–H groups in total. The van der Waals surface area contributed by atoms with Gasteiger partial charge in [0.15, 0.2) is 0 Å². The monoisotopic (exact) mass is 387 g/mol. The lowest BCUT2D eigenvalue weighted by atomic mass is 10.0. The van der Waals surface area contributed by atoms with Crippen molar-refractivity contribution in [1.29, 1.82) is 0 Å². The Morgan fingerprint density at radius 2 is 1.55 bits per heavy atom. The van der Waals surface area contributed by atoms with E-state index in [9.17, 15) is 9.59 Å². The summed E-state index contributed by atoms with van der Waals surface area (Å²) < 4.78 is 0. The van der Waals surface area contributed by atoms with Gasteiger partial charge in [-0.15, -0.1) is 0 Å². The van der Waals surface area contributed by atoms with Crippen molar-refractivity contribution in [2.45, 2.75) is 26.2 Å². The maximum absolute atomic E-state index is 12.7. The Balaban J connectivity index is 1.64. The number of hydrogen-bond acceptors (Lipinski definition) is 3. The molecule has 0 radical (unpaired) electrons. The van der Waals surface area contributed by atoms with Crippen LogP contribution in [0.15, 0.2) is 73.1 Å². The molecule has 0 aliphatic heterocycles. The first kappa shape index (κ1) is 20.3. The molecular weight excluding hydrogens is 362 g/mol. The highest BCUT2D eigenvalue weighted by Gasteiger charge is 2.14. The summed E-state index contributed by atoms with van der Waals surface area (Å²) in [4.78, 5) is 29.2. The quantitative estimate of drug-likeness (QED) is 0.630. The Kier molecular flexibility index (Phi) is 6.74. The number of anilines is 1. The number of amides is 2. The van der Waals surface area contributed by atoms with Gasteiger partial charge in [-0.2, -0.15) is 0 Å². The van der Waals surface area contributed by atoms with Gasteiger partial charge in [-0.25, -0.2) is 0 Å². The van der Waals surface area contributed by atoms with Gasteiger partial charge in [-0.05, 0) is 35.6 Å². The van der Waals surface area contributed by atoms with Gasteiger partial charge in [0, 0.05) is 24.6 Å². The molecule has 3 rings (SSSR count).